The number of halogens is 1. The molecule has 1 amide bonds. The highest BCUT2D eigenvalue weighted by molar-refractivity contribution is 5.94. The van der Waals surface area contributed by atoms with Crippen molar-refractivity contribution >= 4 is 5.91 Å². The van der Waals surface area contributed by atoms with Crippen LogP contribution in [0.3, 0.4) is 0 Å². The highest BCUT2D eigenvalue weighted by Gasteiger charge is 2.34. The number of hydrogen-bond acceptors (Lipinski definition) is 2. The van der Waals surface area contributed by atoms with Gasteiger partial charge in [0.25, 0.3) is 5.91 Å². The van der Waals surface area contributed by atoms with E-state index in [0.29, 0.717) is 13.1 Å². The number of amides is 1. The number of piperidine rings is 1. The Labute approximate surface area is 113 Å². The molecule has 0 aromatic heterocycles. The number of benzene rings is 1. The summed E-state index contributed by atoms with van der Waals surface area (Å²) >= 11 is 0. The van der Waals surface area contributed by atoms with Gasteiger partial charge in [-0.05, 0) is 36.8 Å². The van der Waals surface area contributed by atoms with Gasteiger partial charge in [-0.15, -0.1) is 0 Å². The van der Waals surface area contributed by atoms with Gasteiger partial charge in [0.1, 0.15) is 5.82 Å². The maximum atomic E-state index is 13.6. The topological polar surface area (TPSA) is 40.5 Å². The minimum Gasteiger partial charge on any atom is -0.396 e. The maximum absolute atomic E-state index is 13.6. The molecule has 1 saturated heterocycles. The van der Waals surface area contributed by atoms with Crippen LogP contribution in [-0.4, -0.2) is 35.6 Å². The third-order valence-corrected chi connectivity index (χ3v) is 4.30. The monoisotopic (exact) mass is 265 g/mol. The maximum Gasteiger partial charge on any atom is 0.256 e. The molecular weight excluding hydrogens is 245 g/mol. The van der Waals surface area contributed by atoms with Crippen molar-refractivity contribution in [3.05, 3.63) is 35.6 Å². The van der Waals surface area contributed by atoms with Crippen LogP contribution < -0.4 is 0 Å². The molecule has 19 heavy (non-hydrogen) atoms. The molecule has 0 atom stereocenters. The largest absolute Gasteiger partial charge is 0.396 e. The molecule has 4 heteroatoms. The standard InChI is InChI=1S/C15H20FNO2/c1-2-15(11-18)7-9-17(10-8-15)14(19)12-5-3-4-6-13(12)16/h3-6,18H,2,7-11H2,1H3. The molecule has 1 heterocycles. The summed E-state index contributed by atoms with van der Waals surface area (Å²) < 4.78 is 13.6. The third-order valence-electron chi connectivity index (χ3n) is 4.30. The molecule has 1 fully saturated rings. The summed E-state index contributed by atoms with van der Waals surface area (Å²) in [6, 6.07) is 6.08. The average Bonchev–Trinajstić information content (AvgIpc) is 2.47. The van der Waals surface area contributed by atoms with Crippen molar-refractivity contribution in [3.8, 4) is 0 Å². The molecule has 1 aromatic carbocycles. The molecule has 0 bridgehead atoms. The number of nitrogens with zero attached hydrogens (tertiary/aromatic N) is 1. The van der Waals surface area contributed by atoms with Gasteiger partial charge in [0.05, 0.1) is 5.56 Å². The zero-order chi connectivity index (χ0) is 13.9. The zero-order valence-corrected chi connectivity index (χ0v) is 11.2. The summed E-state index contributed by atoms with van der Waals surface area (Å²) in [5.41, 5.74) is 0.0712. The number of carbonyl (C=O) groups is 1. The van der Waals surface area contributed by atoms with E-state index >= 15 is 0 Å². The number of likely N-dealkylation sites (tertiary alicyclic amines) is 1. The van der Waals surface area contributed by atoms with Crippen molar-refractivity contribution in [1.29, 1.82) is 0 Å². The molecule has 104 valence electrons. The summed E-state index contributed by atoms with van der Waals surface area (Å²) in [7, 11) is 0. The first-order valence-corrected chi connectivity index (χ1v) is 6.76. The second-order valence-corrected chi connectivity index (χ2v) is 5.28. The average molecular weight is 265 g/mol. The minimum absolute atomic E-state index is 0.0635. The Bertz CT molecular complexity index is 447. The Kier molecular flexibility index (Phi) is 4.20. The smallest absolute Gasteiger partial charge is 0.256 e. The highest BCUT2D eigenvalue weighted by atomic mass is 19.1. The van der Waals surface area contributed by atoms with Crippen LogP contribution >= 0.6 is 0 Å². The van der Waals surface area contributed by atoms with E-state index < -0.39 is 5.82 Å². The second kappa shape index (κ2) is 5.70. The van der Waals surface area contributed by atoms with Crippen LogP contribution in [0.25, 0.3) is 0 Å². The Hall–Kier alpha value is -1.42. The van der Waals surface area contributed by atoms with Crippen LogP contribution in [0.2, 0.25) is 0 Å². The van der Waals surface area contributed by atoms with Gasteiger partial charge in [-0.25, -0.2) is 4.39 Å². The van der Waals surface area contributed by atoms with Crippen molar-refractivity contribution in [2.75, 3.05) is 19.7 Å². The van der Waals surface area contributed by atoms with E-state index in [-0.39, 0.29) is 23.5 Å². The number of rotatable bonds is 3. The van der Waals surface area contributed by atoms with Crippen molar-refractivity contribution in [2.24, 2.45) is 5.41 Å². The molecular formula is C15H20FNO2. The Morgan fingerprint density at radius 1 is 1.37 bits per heavy atom. The molecule has 1 aromatic rings. The van der Waals surface area contributed by atoms with E-state index in [9.17, 15) is 14.3 Å². The molecule has 0 aliphatic carbocycles. The predicted octanol–water partition coefficient (Wildman–Crippen LogP) is 2.45. The van der Waals surface area contributed by atoms with Crippen LogP contribution in [0, 0.1) is 11.2 Å². The van der Waals surface area contributed by atoms with Gasteiger partial charge in [-0.2, -0.15) is 0 Å². The lowest BCUT2D eigenvalue weighted by Gasteiger charge is -2.40. The lowest BCUT2D eigenvalue weighted by Crippen LogP contribution is -2.44. The van der Waals surface area contributed by atoms with Crippen LogP contribution in [0.5, 0.6) is 0 Å². The molecule has 0 radical (unpaired) electrons. The summed E-state index contributed by atoms with van der Waals surface area (Å²) in [6.07, 6.45) is 2.46. The van der Waals surface area contributed by atoms with Gasteiger partial charge in [0.15, 0.2) is 0 Å². The normalized spacial score (nSPS) is 18.4. The number of aliphatic hydroxyl groups is 1. The summed E-state index contributed by atoms with van der Waals surface area (Å²) in [6.45, 7) is 3.39. The molecule has 2 rings (SSSR count). The summed E-state index contributed by atoms with van der Waals surface area (Å²) in [4.78, 5) is 13.9. The summed E-state index contributed by atoms with van der Waals surface area (Å²) in [5.74, 6) is -0.720. The molecule has 0 spiro atoms. The second-order valence-electron chi connectivity index (χ2n) is 5.28. The predicted molar refractivity (Wildman–Crippen MR) is 71.3 cm³/mol. The first kappa shape index (κ1) is 14.0. The van der Waals surface area contributed by atoms with Gasteiger partial charge in [0, 0.05) is 19.7 Å². The Morgan fingerprint density at radius 3 is 2.53 bits per heavy atom. The first-order chi connectivity index (χ1) is 9.12. The van der Waals surface area contributed by atoms with Crippen molar-refractivity contribution in [1.82, 2.24) is 4.90 Å². The van der Waals surface area contributed by atoms with Crippen LogP contribution in [-0.2, 0) is 0 Å². The molecule has 1 aliphatic rings. The van der Waals surface area contributed by atoms with Crippen LogP contribution in [0.15, 0.2) is 24.3 Å². The Morgan fingerprint density at radius 2 is 2.00 bits per heavy atom. The fraction of sp³-hybridized carbons (Fsp3) is 0.533. The van der Waals surface area contributed by atoms with Crippen LogP contribution in [0.4, 0.5) is 4.39 Å². The van der Waals surface area contributed by atoms with E-state index in [2.05, 4.69) is 6.92 Å². The molecule has 1 N–H and O–H groups in total. The van der Waals surface area contributed by atoms with Crippen molar-refractivity contribution in [3.63, 3.8) is 0 Å². The quantitative estimate of drug-likeness (QED) is 0.912. The Balaban J connectivity index is 2.06. The van der Waals surface area contributed by atoms with E-state index in [1.54, 1.807) is 17.0 Å². The zero-order valence-electron chi connectivity index (χ0n) is 11.2. The van der Waals surface area contributed by atoms with E-state index in [1.165, 1.54) is 12.1 Å². The number of hydrogen-bond donors (Lipinski definition) is 1. The third kappa shape index (κ3) is 2.78. The minimum atomic E-state index is -0.470. The van der Waals surface area contributed by atoms with Gasteiger partial charge in [-0.1, -0.05) is 19.1 Å². The fourth-order valence-corrected chi connectivity index (χ4v) is 2.61. The van der Waals surface area contributed by atoms with E-state index in [0.717, 1.165) is 19.3 Å². The molecule has 0 saturated carbocycles. The van der Waals surface area contributed by atoms with Crippen molar-refractivity contribution < 1.29 is 14.3 Å². The lowest BCUT2D eigenvalue weighted by atomic mass is 9.77. The van der Waals surface area contributed by atoms with Gasteiger partial charge < -0.3 is 10.0 Å². The molecule has 0 unspecified atom stereocenters. The SMILES string of the molecule is CCC1(CO)CCN(C(=O)c2ccccc2F)CC1. The lowest BCUT2D eigenvalue weighted by molar-refractivity contribution is 0.0335. The molecule has 1 aliphatic heterocycles. The van der Waals surface area contributed by atoms with Gasteiger partial charge in [-0.3, -0.25) is 4.79 Å². The van der Waals surface area contributed by atoms with Crippen LogP contribution in [0.1, 0.15) is 36.5 Å². The van der Waals surface area contributed by atoms with E-state index in [4.69, 9.17) is 0 Å². The van der Waals surface area contributed by atoms with Crippen molar-refractivity contribution in [2.45, 2.75) is 26.2 Å². The van der Waals surface area contributed by atoms with E-state index in [1.807, 2.05) is 0 Å². The first-order valence-electron chi connectivity index (χ1n) is 6.76. The fourth-order valence-electron chi connectivity index (χ4n) is 2.61. The number of carbonyl (C=O) groups excluding carboxylic acids is 1. The molecule has 3 nitrogen and oxygen atoms in total. The summed E-state index contributed by atoms with van der Waals surface area (Å²) in [5, 5.41) is 9.46. The number of aliphatic hydroxyl groups excluding tert-OH is 1. The van der Waals surface area contributed by atoms with Gasteiger partial charge in [0.2, 0.25) is 0 Å². The highest BCUT2D eigenvalue weighted by Crippen LogP contribution is 2.34. The van der Waals surface area contributed by atoms with Gasteiger partial charge >= 0.3 is 0 Å².